The van der Waals surface area contributed by atoms with Crippen molar-refractivity contribution in [2.24, 2.45) is 0 Å². The van der Waals surface area contributed by atoms with E-state index >= 15 is 0 Å². The minimum atomic E-state index is -1.03. The SMILES string of the molecule is CC(OC(=O)c1cc(Cl)c2c(c1)OCCCO2)C(=O)Nc1cccc2ncccc12. The van der Waals surface area contributed by atoms with E-state index in [2.05, 4.69) is 10.3 Å². The van der Waals surface area contributed by atoms with Crippen LogP contribution in [0, 0.1) is 0 Å². The zero-order chi connectivity index (χ0) is 21.1. The van der Waals surface area contributed by atoms with E-state index in [-0.39, 0.29) is 10.6 Å². The van der Waals surface area contributed by atoms with Crippen LogP contribution < -0.4 is 14.8 Å². The number of nitrogens with zero attached hydrogens (tertiary/aromatic N) is 1. The Balaban J connectivity index is 1.47. The molecule has 0 spiro atoms. The molecule has 0 saturated heterocycles. The number of anilines is 1. The van der Waals surface area contributed by atoms with Crippen LogP contribution in [0.1, 0.15) is 23.7 Å². The summed E-state index contributed by atoms with van der Waals surface area (Å²) in [6.07, 6.45) is 1.36. The number of ether oxygens (including phenoxy) is 3. The van der Waals surface area contributed by atoms with Gasteiger partial charge in [-0.3, -0.25) is 9.78 Å². The average Bonchev–Trinajstić information content (AvgIpc) is 3.00. The van der Waals surface area contributed by atoms with Crippen LogP contribution in [0.15, 0.2) is 48.7 Å². The summed E-state index contributed by atoms with van der Waals surface area (Å²) in [6, 6.07) is 12.0. The summed E-state index contributed by atoms with van der Waals surface area (Å²) in [5.74, 6) is -0.358. The van der Waals surface area contributed by atoms with E-state index in [0.29, 0.717) is 36.8 Å². The van der Waals surface area contributed by atoms with Crippen molar-refractivity contribution in [2.45, 2.75) is 19.4 Å². The Morgan fingerprint density at radius 2 is 2.00 bits per heavy atom. The number of esters is 1. The van der Waals surface area contributed by atoms with E-state index in [1.807, 2.05) is 12.1 Å². The summed E-state index contributed by atoms with van der Waals surface area (Å²) in [5.41, 5.74) is 1.52. The van der Waals surface area contributed by atoms with Gasteiger partial charge in [0, 0.05) is 18.0 Å². The number of fused-ring (bicyclic) bond motifs is 2. The first-order valence-corrected chi connectivity index (χ1v) is 9.85. The minimum Gasteiger partial charge on any atom is -0.489 e. The van der Waals surface area contributed by atoms with Gasteiger partial charge in [0.05, 0.1) is 35.0 Å². The van der Waals surface area contributed by atoms with Crippen LogP contribution in [0.2, 0.25) is 5.02 Å². The summed E-state index contributed by atoms with van der Waals surface area (Å²) in [6.45, 7) is 2.44. The van der Waals surface area contributed by atoms with Gasteiger partial charge in [-0.2, -0.15) is 0 Å². The predicted octanol–water partition coefficient (Wildman–Crippen LogP) is 4.23. The Kier molecular flexibility index (Phi) is 5.72. The molecule has 0 aliphatic carbocycles. The monoisotopic (exact) mass is 426 g/mol. The van der Waals surface area contributed by atoms with Crippen LogP contribution in [0.4, 0.5) is 5.69 Å². The molecule has 1 aromatic heterocycles. The number of aromatic nitrogens is 1. The molecule has 1 N–H and O–H groups in total. The maximum atomic E-state index is 12.6. The molecule has 1 aliphatic heterocycles. The van der Waals surface area contributed by atoms with E-state index in [9.17, 15) is 9.59 Å². The molecule has 0 fully saturated rings. The van der Waals surface area contributed by atoms with Crippen molar-refractivity contribution in [3.63, 3.8) is 0 Å². The van der Waals surface area contributed by atoms with Gasteiger partial charge in [0.2, 0.25) is 0 Å². The Labute approximate surface area is 177 Å². The topological polar surface area (TPSA) is 86.8 Å². The molecule has 0 saturated carbocycles. The number of hydrogen-bond donors (Lipinski definition) is 1. The highest BCUT2D eigenvalue weighted by Gasteiger charge is 2.23. The lowest BCUT2D eigenvalue weighted by Crippen LogP contribution is -2.30. The molecule has 154 valence electrons. The highest BCUT2D eigenvalue weighted by molar-refractivity contribution is 6.32. The summed E-state index contributed by atoms with van der Waals surface area (Å²) >= 11 is 6.23. The van der Waals surface area contributed by atoms with E-state index in [4.69, 9.17) is 25.8 Å². The number of hydrogen-bond acceptors (Lipinski definition) is 6. The number of carbonyl (C=O) groups is 2. The second-order valence-corrected chi connectivity index (χ2v) is 7.16. The molecule has 3 aromatic rings. The normalized spacial score (nSPS) is 13.9. The Hall–Kier alpha value is -3.32. The molecule has 2 heterocycles. The fourth-order valence-electron chi connectivity index (χ4n) is 3.08. The Bertz CT molecular complexity index is 1110. The second-order valence-electron chi connectivity index (χ2n) is 6.75. The largest absolute Gasteiger partial charge is 0.489 e. The number of benzene rings is 2. The van der Waals surface area contributed by atoms with Gasteiger partial charge in [0.1, 0.15) is 0 Å². The number of amides is 1. The summed E-state index contributed by atoms with van der Waals surface area (Å²) in [5, 5.41) is 3.83. The first kappa shape index (κ1) is 20.0. The average molecular weight is 427 g/mol. The van der Waals surface area contributed by atoms with Gasteiger partial charge in [0.25, 0.3) is 5.91 Å². The van der Waals surface area contributed by atoms with Crippen LogP contribution in [0.25, 0.3) is 10.9 Å². The molecule has 4 rings (SSSR count). The Morgan fingerprint density at radius 1 is 1.17 bits per heavy atom. The van der Waals surface area contributed by atoms with Crippen LogP contribution in [0.5, 0.6) is 11.5 Å². The second kappa shape index (κ2) is 8.59. The molecule has 8 heteroatoms. The van der Waals surface area contributed by atoms with Crippen molar-refractivity contribution < 1.29 is 23.8 Å². The van der Waals surface area contributed by atoms with Gasteiger partial charge in [-0.15, -0.1) is 0 Å². The molecule has 0 radical (unpaired) electrons. The fraction of sp³-hybridized carbons (Fsp3) is 0.227. The zero-order valence-electron chi connectivity index (χ0n) is 16.2. The molecule has 0 bridgehead atoms. The fourth-order valence-corrected chi connectivity index (χ4v) is 3.34. The van der Waals surface area contributed by atoms with Crippen molar-refractivity contribution in [1.29, 1.82) is 0 Å². The molecule has 1 amide bonds. The molecular weight excluding hydrogens is 408 g/mol. The lowest BCUT2D eigenvalue weighted by atomic mass is 10.1. The smallest absolute Gasteiger partial charge is 0.339 e. The highest BCUT2D eigenvalue weighted by Crippen LogP contribution is 2.38. The molecule has 7 nitrogen and oxygen atoms in total. The van der Waals surface area contributed by atoms with Crippen LogP contribution in [-0.2, 0) is 9.53 Å². The third-order valence-electron chi connectivity index (χ3n) is 4.59. The molecule has 1 atom stereocenters. The van der Waals surface area contributed by atoms with Crippen molar-refractivity contribution in [1.82, 2.24) is 4.98 Å². The van der Waals surface area contributed by atoms with Crippen LogP contribution >= 0.6 is 11.6 Å². The van der Waals surface area contributed by atoms with Gasteiger partial charge >= 0.3 is 5.97 Å². The van der Waals surface area contributed by atoms with Gasteiger partial charge in [0.15, 0.2) is 17.6 Å². The highest BCUT2D eigenvalue weighted by atomic mass is 35.5. The predicted molar refractivity (Wildman–Crippen MR) is 112 cm³/mol. The number of rotatable bonds is 4. The lowest BCUT2D eigenvalue weighted by molar-refractivity contribution is -0.123. The molecular formula is C22H19ClN2O5. The molecule has 1 unspecified atom stereocenters. The summed E-state index contributed by atoms with van der Waals surface area (Å²) < 4.78 is 16.5. The van der Waals surface area contributed by atoms with Crippen LogP contribution in [-0.4, -0.2) is 36.2 Å². The first-order valence-electron chi connectivity index (χ1n) is 9.47. The molecule has 1 aliphatic rings. The van der Waals surface area contributed by atoms with Crippen LogP contribution in [0.3, 0.4) is 0 Å². The third-order valence-corrected chi connectivity index (χ3v) is 4.88. The lowest BCUT2D eigenvalue weighted by Gasteiger charge is -2.16. The summed E-state index contributed by atoms with van der Waals surface area (Å²) in [4.78, 5) is 29.4. The number of carbonyl (C=O) groups excluding carboxylic acids is 2. The van der Waals surface area contributed by atoms with Gasteiger partial charge in [-0.1, -0.05) is 17.7 Å². The first-order chi connectivity index (χ1) is 14.5. The third kappa shape index (κ3) is 4.16. The van der Waals surface area contributed by atoms with Crippen molar-refractivity contribution in [3.8, 4) is 11.5 Å². The van der Waals surface area contributed by atoms with E-state index in [1.54, 1.807) is 24.4 Å². The Morgan fingerprint density at radius 3 is 2.87 bits per heavy atom. The minimum absolute atomic E-state index is 0.179. The molecule has 2 aromatic carbocycles. The van der Waals surface area contributed by atoms with Gasteiger partial charge in [-0.25, -0.2) is 4.79 Å². The van der Waals surface area contributed by atoms with Crippen molar-refractivity contribution in [2.75, 3.05) is 18.5 Å². The molecule has 30 heavy (non-hydrogen) atoms. The van der Waals surface area contributed by atoms with Gasteiger partial charge < -0.3 is 19.5 Å². The van der Waals surface area contributed by atoms with Crippen molar-refractivity contribution in [3.05, 3.63) is 59.2 Å². The number of halogens is 1. The number of pyridine rings is 1. The quantitative estimate of drug-likeness (QED) is 0.628. The maximum absolute atomic E-state index is 12.6. The summed E-state index contributed by atoms with van der Waals surface area (Å²) in [7, 11) is 0. The van der Waals surface area contributed by atoms with E-state index in [0.717, 1.165) is 10.9 Å². The zero-order valence-corrected chi connectivity index (χ0v) is 16.9. The van der Waals surface area contributed by atoms with E-state index < -0.39 is 18.0 Å². The number of nitrogens with one attached hydrogen (secondary N) is 1. The standard InChI is InChI=1S/C22H19ClN2O5/c1-13(21(26)25-18-7-2-6-17-15(18)5-3-8-24-17)30-22(27)14-11-16(23)20-19(12-14)28-9-4-10-29-20/h2-3,5-8,11-13H,4,9-10H2,1H3,(H,25,26). The van der Waals surface area contributed by atoms with Gasteiger partial charge in [-0.05, 0) is 43.3 Å². The van der Waals surface area contributed by atoms with E-state index in [1.165, 1.54) is 19.1 Å². The maximum Gasteiger partial charge on any atom is 0.339 e. The van der Waals surface area contributed by atoms with Crippen molar-refractivity contribution >= 4 is 40.1 Å².